The molecule has 5 nitrogen and oxygen atoms in total. The Labute approximate surface area is 100 Å². The molecule has 92 valence electrons. The van der Waals surface area contributed by atoms with Crippen LogP contribution in [-0.4, -0.2) is 33.2 Å². The topological polar surface area (TPSA) is 59.6 Å². The molecule has 1 unspecified atom stereocenters. The van der Waals surface area contributed by atoms with E-state index in [1.165, 1.54) is 0 Å². The van der Waals surface area contributed by atoms with Gasteiger partial charge in [0, 0.05) is 12.6 Å². The molecule has 2 N–H and O–H groups in total. The molecule has 17 heavy (non-hydrogen) atoms. The molecule has 1 atom stereocenters. The average molecular weight is 236 g/mol. The monoisotopic (exact) mass is 236 g/mol. The summed E-state index contributed by atoms with van der Waals surface area (Å²) in [6.07, 6.45) is 0. The molecule has 2 rings (SSSR count). The standard InChI is InChI=1S/C12H16N2O3/c1-16-9-3-8(4-10(5-9)17-2)11-6-13-7-12(15)14-11/h3-5,11,13H,6-7H2,1-2H3,(H,14,15). The van der Waals surface area contributed by atoms with Gasteiger partial charge in [-0.3, -0.25) is 4.79 Å². The largest absolute Gasteiger partial charge is 0.497 e. The van der Waals surface area contributed by atoms with Crippen molar-refractivity contribution in [1.82, 2.24) is 10.6 Å². The smallest absolute Gasteiger partial charge is 0.234 e. The second kappa shape index (κ2) is 5.05. The molecule has 1 aliphatic rings. The van der Waals surface area contributed by atoms with E-state index in [9.17, 15) is 4.79 Å². The molecule has 0 radical (unpaired) electrons. The van der Waals surface area contributed by atoms with Gasteiger partial charge in [-0.2, -0.15) is 0 Å². The normalized spacial score (nSPS) is 19.6. The van der Waals surface area contributed by atoms with Crippen molar-refractivity contribution < 1.29 is 14.3 Å². The molecule has 1 fully saturated rings. The van der Waals surface area contributed by atoms with Crippen molar-refractivity contribution in [3.05, 3.63) is 23.8 Å². The van der Waals surface area contributed by atoms with E-state index in [-0.39, 0.29) is 11.9 Å². The third kappa shape index (κ3) is 2.68. The predicted molar refractivity (Wildman–Crippen MR) is 63.3 cm³/mol. The van der Waals surface area contributed by atoms with Crippen LogP contribution in [0.3, 0.4) is 0 Å². The molecular formula is C12H16N2O3. The van der Waals surface area contributed by atoms with Gasteiger partial charge < -0.3 is 20.1 Å². The third-order valence-electron chi connectivity index (χ3n) is 2.75. The minimum Gasteiger partial charge on any atom is -0.497 e. The van der Waals surface area contributed by atoms with E-state index in [0.717, 1.165) is 17.1 Å². The number of piperazine rings is 1. The Hall–Kier alpha value is -1.75. The molecule has 5 heteroatoms. The lowest BCUT2D eigenvalue weighted by atomic mass is 10.0. The van der Waals surface area contributed by atoms with Crippen LogP contribution in [-0.2, 0) is 4.79 Å². The van der Waals surface area contributed by atoms with Crippen molar-refractivity contribution in [2.24, 2.45) is 0 Å². The summed E-state index contributed by atoms with van der Waals surface area (Å²) in [6, 6.07) is 5.57. The Bertz CT molecular complexity index is 398. The molecule has 0 aliphatic carbocycles. The number of hydrogen-bond donors (Lipinski definition) is 2. The van der Waals surface area contributed by atoms with Crippen molar-refractivity contribution in [2.75, 3.05) is 27.3 Å². The highest BCUT2D eigenvalue weighted by molar-refractivity contribution is 5.79. The van der Waals surface area contributed by atoms with Gasteiger partial charge in [0.2, 0.25) is 5.91 Å². The van der Waals surface area contributed by atoms with Crippen molar-refractivity contribution in [3.8, 4) is 11.5 Å². The molecule has 1 saturated heterocycles. The van der Waals surface area contributed by atoms with E-state index in [4.69, 9.17) is 9.47 Å². The summed E-state index contributed by atoms with van der Waals surface area (Å²) in [5.41, 5.74) is 0.974. The van der Waals surface area contributed by atoms with Gasteiger partial charge in [0.05, 0.1) is 26.8 Å². The number of carbonyl (C=O) groups excluding carboxylic acids is 1. The van der Waals surface area contributed by atoms with Crippen molar-refractivity contribution in [1.29, 1.82) is 0 Å². The second-order valence-corrected chi connectivity index (χ2v) is 3.90. The zero-order valence-corrected chi connectivity index (χ0v) is 9.95. The number of hydrogen-bond acceptors (Lipinski definition) is 4. The fraction of sp³-hybridized carbons (Fsp3) is 0.417. The van der Waals surface area contributed by atoms with Crippen molar-refractivity contribution in [2.45, 2.75) is 6.04 Å². The van der Waals surface area contributed by atoms with E-state index in [2.05, 4.69) is 10.6 Å². The number of amides is 1. The zero-order valence-electron chi connectivity index (χ0n) is 9.95. The molecule has 1 aromatic carbocycles. The lowest BCUT2D eigenvalue weighted by Crippen LogP contribution is -2.46. The Morgan fingerprint density at radius 1 is 1.18 bits per heavy atom. The minimum atomic E-state index is -0.0414. The first-order chi connectivity index (χ1) is 8.22. The SMILES string of the molecule is COc1cc(OC)cc(C2CNCC(=O)N2)c1. The Morgan fingerprint density at radius 3 is 2.35 bits per heavy atom. The minimum absolute atomic E-state index is 0.00281. The van der Waals surface area contributed by atoms with E-state index in [0.29, 0.717) is 13.1 Å². The molecule has 0 aromatic heterocycles. The van der Waals surface area contributed by atoms with Gasteiger partial charge in [0.15, 0.2) is 0 Å². The number of nitrogens with one attached hydrogen (secondary N) is 2. The summed E-state index contributed by atoms with van der Waals surface area (Å²) in [5.74, 6) is 1.45. The zero-order chi connectivity index (χ0) is 12.3. The van der Waals surface area contributed by atoms with Crippen LogP contribution in [0.2, 0.25) is 0 Å². The lowest BCUT2D eigenvalue weighted by molar-refractivity contribution is -0.122. The fourth-order valence-electron chi connectivity index (χ4n) is 1.86. The van der Waals surface area contributed by atoms with E-state index in [1.807, 2.05) is 18.2 Å². The maximum absolute atomic E-state index is 11.3. The first-order valence-corrected chi connectivity index (χ1v) is 5.46. The molecule has 1 amide bonds. The van der Waals surface area contributed by atoms with Gasteiger partial charge in [-0.05, 0) is 17.7 Å². The fourth-order valence-corrected chi connectivity index (χ4v) is 1.86. The van der Waals surface area contributed by atoms with Crippen LogP contribution in [0.1, 0.15) is 11.6 Å². The maximum atomic E-state index is 11.3. The van der Waals surface area contributed by atoms with Crippen LogP contribution >= 0.6 is 0 Å². The number of rotatable bonds is 3. The summed E-state index contributed by atoms with van der Waals surface area (Å²) in [6.45, 7) is 1.08. The van der Waals surface area contributed by atoms with Crippen LogP contribution in [0.25, 0.3) is 0 Å². The molecule has 1 aromatic rings. The van der Waals surface area contributed by atoms with Gasteiger partial charge in [-0.25, -0.2) is 0 Å². The van der Waals surface area contributed by atoms with Crippen LogP contribution < -0.4 is 20.1 Å². The van der Waals surface area contributed by atoms with Crippen LogP contribution in [0, 0.1) is 0 Å². The van der Waals surface area contributed by atoms with Gasteiger partial charge in [-0.15, -0.1) is 0 Å². The first-order valence-electron chi connectivity index (χ1n) is 5.46. The van der Waals surface area contributed by atoms with E-state index >= 15 is 0 Å². The van der Waals surface area contributed by atoms with Gasteiger partial charge in [-0.1, -0.05) is 0 Å². The Kier molecular flexibility index (Phi) is 3.49. The lowest BCUT2D eigenvalue weighted by Gasteiger charge is -2.25. The van der Waals surface area contributed by atoms with E-state index < -0.39 is 0 Å². The predicted octanol–water partition coefficient (Wildman–Crippen LogP) is 0.464. The molecule has 0 spiro atoms. The molecule has 1 heterocycles. The van der Waals surface area contributed by atoms with Crippen LogP contribution in [0.15, 0.2) is 18.2 Å². The number of benzene rings is 1. The first kappa shape index (κ1) is 11.7. The van der Waals surface area contributed by atoms with Crippen LogP contribution in [0.5, 0.6) is 11.5 Å². The van der Waals surface area contributed by atoms with E-state index in [1.54, 1.807) is 14.2 Å². The maximum Gasteiger partial charge on any atom is 0.234 e. The highest BCUT2D eigenvalue weighted by Gasteiger charge is 2.20. The summed E-state index contributed by atoms with van der Waals surface area (Å²) < 4.78 is 10.4. The second-order valence-electron chi connectivity index (χ2n) is 3.90. The van der Waals surface area contributed by atoms with Crippen LogP contribution in [0.4, 0.5) is 0 Å². The van der Waals surface area contributed by atoms with Crippen molar-refractivity contribution in [3.63, 3.8) is 0 Å². The summed E-state index contributed by atoms with van der Waals surface area (Å²) >= 11 is 0. The molecular weight excluding hydrogens is 220 g/mol. The highest BCUT2D eigenvalue weighted by Crippen LogP contribution is 2.26. The van der Waals surface area contributed by atoms with Gasteiger partial charge in [0.1, 0.15) is 11.5 Å². The number of methoxy groups -OCH3 is 2. The average Bonchev–Trinajstić information content (AvgIpc) is 2.38. The van der Waals surface area contributed by atoms with Gasteiger partial charge in [0.25, 0.3) is 0 Å². The van der Waals surface area contributed by atoms with Gasteiger partial charge >= 0.3 is 0 Å². The molecule has 0 saturated carbocycles. The molecule has 1 aliphatic heterocycles. The number of carbonyl (C=O) groups is 1. The third-order valence-corrected chi connectivity index (χ3v) is 2.75. The quantitative estimate of drug-likeness (QED) is 0.800. The highest BCUT2D eigenvalue weighted by atomic mass is 16.5. The Morgan fingerprint density at radius 2 is 1.82 bits per heavy atom. The number of ether oxygens (including phenoxy) is 2. The Balaban J connectivity index is 2.26. The summed E-state index contributed by atoms with van der Waals surface area (Å²) in [5, 5.41) is 5.99. The summed E-state index contributed by atoms with van der Waals surface area (Å²) in [4.78, 5) is 11.3. The summed E-state index contributed by atoms with van der Waals surface area (Å²) in [7, 11) is 3.21. The van der Waals surface area contributed by atoms with Crippen molar-refractivity contribution >= 4 is 5.91 Å². The molecule has 0 bridgehead atoms.